The third-order valence-electron chi connectivity index (χ3n) is 4.48. The summed E-state index contributed by atoms with van der Waals surface area (Å²) < 4.78 is 0. The van der Waals surface area contributed by atoms with Crippen LogP contribution < -0.4 is 5.32 Å². The summed E-state index contributed by atoms with van der Waals surface area (Å²) in [7, 11) is 0. The molecule has 2 amide bonds. The van der Waals surface area contributed by atoms with Gasteiger partial charge in [0.25, 0.3) is 0 Å². The molecule has 2 aromatic carbocycles. The van der Waals surface area contributed by atoms with Crippen molar-refractivity contribution in [2.24, 2.45) is 0 Å². The minimum atomic E-state index is -0.0415. The normalized spacial score (nSPS) is 21.5. The highest BCUT2D eigenvalue weighted by Crippen LogP contribution is 2.22. The molecule has 5 nitrogen and oxygen atoms in total. The SMILES string of the molecule is O=C1CN2C(=O)CNC2CN1Cc1cccc2ccccc12. The molecule has 0 aromatic heterocycles. The number of carbonyl (C=O) groups excluding carboxylic acids is 2. The summed E-state index contributed by atoms with van der Waals surface area (Å²) >= 11 is 0. The molecular formula is C17H17N3O2. The van der Waals surface area contributed by atoms with E-state index in [1.54, 1.807) is 4.90 Å². The predicted molar refractivity (Wildman–Crippen MR) is 82.9 cm³/mol. The molecule has 2 aliphatic rings. The minimum absolute atomic E-state index is 0.0150. The van der Waals surface area contributed by atoms with Crippen molar-refractivity contribution in [1.29, 1.82) is 0 Å². The van der Waals surface area contributed by atoms with E-state index in [1.807, 2.05) is 23.1 Å². The van der Waals surface area contributed by atoms with Crippen LogP contribution in [-0.2, 0) is 16.1 Å². The Bertz CT molecular complexity index is 753. The summed E-state index contributed by atoms with van der Waals surface area (Å²) in [5.41, 5.74) is 1.14. The molecule has 4 rings (SSSR count). The van der Waals surface area contributed by atoms with Crippen LogP contribution in [0.2, 0.25) is 0 Å². The fourth-order valence-corrected chi connectivity index (χ4v) is 3.30. The summed E-state index contributed by atoms with van der Waals surface area (Å²) in [6, 6.07) is 14.4. The second kappa shape index (κ2) is 5.10. The van der Waals surface area contributed by atoms with E-state index in [0.717, 1.165) is 5.56 Å². The van der Waals surface area contributed by atoms with Gasteiger partial charge >= 0.3 is 0 Å². The second-order valence-electron chi connectivity index (χ2n) is 5.83. The Labute approximate surface area is 128 Å². The van der Waals surface area contributed by atoms with Crippen LogP contribution in [-0.4, -0.2) is 47.4 Å². The second-order valence-corrected chi connectivity index (χ2v) is 5.83. The van der Waals surface area contributed by atoms with Crippen molar-refractivity contribution < 1.29 is 9.59 Å². The number of carbonyl (C=O) groups is 2. The summed E-state index contributed by atoms with van der Waals surface area (Å²) in [4.78, 5) is 27.5. The van der Waals surface area contributed by atoms with Gasteiger partial charge in [-0.05, 0) is 16.3 Å². The van der Waals surface area contributed by atoms with Crippen LogP contribution in [0.15, 0.2) is 42.5 Å². The van der Waals surface area contributed by atoms with Crippen molar-refractivity contribution in [3.05, 3.63) is 48.0 Å². The van der Waals surface area contributed by atoms with Gasteiger partial charge in [-0.25, -0.2) is 0 Å². The van der Waals surface area contributed by atoms with Gasteiger partial charge < -0.3 is 9.80 Å². The third kappa shape index (κ3) is 2.14. The van der Waals surface area contributed by atoms with E-state index >= 15 is 0 Å². The number of rotatable bonds is 2. The standard InChI is InChI=1S/C17H17N3O2/c21-16-8-18-15-10-19(17(22)11-20(15)16)9-13-6-3-5-12-4-1-2-7-14(12)13/h1-7,15,18H,8-11H2. The third-order valence-corrected chi connectivity index (χ3v) is 4.48. The van der Waals surface area contributed by atoms with Gasteiger partial charge in [-0.1, -0.05) is 42.5 Å². The van der Waals surface area contributed by atoms with E-state index in [9.17, 15) is 9.59 Å². The average molecular weight is 295 g/mol. The molecule has 2 aliphatic heterocycles. The number of hydrogen-bond acceptors (Lipinski definition) is 3. The molecule has 1 atom stereocenters. The predicted octanol–water partition coefficient (Wildman–Crippen LogP) is 0.940. The maximum absolute atomic E-state index is 12.3. The Morgan fingerprint density at radius 2 is 1.86 bits per heavy atom. The van der Waals surface area contributed by atoms with E-state index in [4.69, 9.17) is 0 Å². The van der Waals surface area contributed by atoms with Gasteiger partial charge in [0, 0.05) is 6.54 Å². The van der Waals surface area contributed by atoms with E-state index in [1.165, 1.54) is 10.8 Å². The first kappa shape index (κ1) is 13.3. The Morgan fingerprint density at radius 1 is 1.05 bits per heavy atom. The Hall–Kier alpha value is -2.40. The maximum Gasteiger partial charge on any atom is 0.242 e. The molecule has 1 N–H and O–H groups in total. The molecule has 2 heterocycles. The minimum Gasteiger partial charge on any atom is -0.333 e. The number of hydrogen-bond donors (Lipinski definition) is 1. The quantitative estimate of drug-likeness (QED) is 0.897. The zero-order chi connectivity index (χ0) is 15.1. The Kier molecular flexibility index (Phi) is 3.08. The first-order chi connectivity index (χ1) is 10.7. The molecule has 112 valence electrons. The molecule has 2 aromatic rings. The van der Waals surface area contributed by atoms with Gasteiger partial charge in [-0.15, -0.1) is 0 Å². The number of amides is 2. The van der Waals surface area contributed by atoms with E-state index in [2.05, 4.69) is 29.6 Å². The van der Waals surface area contributed by atoms with Crippen LogP contribution in [0.4, 0.5) is 0 Å². The van der Waals surface area contributed by atoms with Gasteiger partial charge in [0.1, 0.15) is 12.7 Å². The molecule has 1 unspecified atom stereocenters. The molecule has 0 spiro atoms. The van der Waals surface area contributed by atoms with Crippen LogP contribution in [0, 0.1) is 0 Å². The monoisotopic (exact) mass is 295 g/mol. The largest absolute Gasteiger partial charge is 0.333 e. The van der Waals surface area contributed by atoms with Gasteiger partial charge in [0.05, 0.1) is 13.1 Å². The molecule has 0 radical (unpaired) electrons. The smallest absolute Gasteiger partial charge is 0.242 e. The van der Waals surface area contributed by atoms with Crippen molar-refractivity contribution >= 4 is 22.6 Å². The maximum atomic E-state index is 12.3. The molecule has 2 fully saturated rings. The summed E-state index contributed by atoms with van der Waals surface area (Å²) in [6.07, 6.45) is -0.0415. The van der Waals surface area contributed by atoms with E-state index in [-0.39, 0.29) is 24.5 Å². The number of nitrogens with zero attached hydrogens (tertiary/aromatic N) is 2. The van der Waals surface area contributed by atoms with Gasteiger partial charge in [-0.2, -0.15) is 0 Å². The number of piperazine rings is 1. The van der Waals surface area contributed by atoms with Crippen molar-refractivity contribution in [2.75, 3.05) is 19.6 Å². The molecule has 0 bridgehead atoms. The molecule has 0 saturated carbocycles. The topological polar surface area (TPSA) is 52.7 Å². The lowest BCUT2D eigenvalue weighted by atomic mass is 10.0. The molecular weight excluding hydrogens is 278 g/mol. The van der Waals surface area contributed by atoms with Gasteiger partial charge in [0.2, 0.25) is 11.8 Å². The van der Waals surface area contributed by atoms with Crippen molar-refractivity contribution in [3.8, 4) is 0 Å². The molecule has 22 heavy (non-hydrogen) atoms. The van der Waals surface area contributed by atoms with Crippen LogP contribution in [0.5, 0.6) is 0 Å². The van der Waals surface area contributed by atoms with Gasteiger partial charge in [0.15, 0.2) is 0 Å². The fraction of sp³-hybridized carbons (Fsp3) is 0.294. The van der Waals surface area contributed by atoms with Crippen molar-refractivity contribution in [3.63, 3.8) is 0 Å². The number of nitrogens with one attached hydrogen (secondary N) is 1. The number of benzene rings is 2. The lowest BCUT2D eigenvalue weighted by molar-refractivity contribution is -0.145. The van der Waals surface area contributed by atoms with Crippen LogP contribution in [0.3, 0.4) is 0 Å². The van der Waals surface area contributed by atoms with Gasteiger partial charge in [-0.3, -0.25) is 14.9 Å². The highest BCUT2D eigenvalue weighted by molar-refractivity contribution is 5.89. The van der Waals surface area contributed by atoms with E-state index < -0.39 is 0 Å². The Morgan fingerprint density at radius 3 is 2.77 bits per heavy atom. The highest BCUT2D eigenvalue weighted by atomic mass is 16.2. The summed E-state index contributed by atoms with van der Waals surface area (Å²) in [6.45, 7) is 1.65. The molecule has 5 heteroatoms. The summed E-state index contributed by atoms with van der Waals surface area (Å²) in [5, 5.41) is 5.52. The lowest BCUT2D eigenvalue weighted by Gasteiger charge is -2.36. The van der Waals surface area contributed by atoms with Crippen molar-refractivity contribution in [2.45, 2.75) is 12.7 Å². The first-order valence-corrected chi connectivity index (χ1v) is 7.49. The highest BCUT2D eigenvalue weighted by Gasteiger charge is 2.38. The van der Waals surface area contributed by atoms with Crippen molar-refractivity contribution in [1.82, 2.24) is 15.1 Å². The fourth-order valence-electron chi connectivity index (χ4n) is 3.30. The van der Waals surface area contributed by atoms with E-state index in [0.29, 0.717) is 19.6 Å². The molecule has 0 aliphatic carbocycles. The van der Waals surface area contributed by atoms with Crippen LogP contribution in [0.1, 0.15) is 5.56 Å². The number of fused-ring (bicyclic) bond motifs is 2. The molecule has 2 saturated heterocycles. The summed E-state index contributed by atoms with van der Waals surface area (Å²) in [5.74, 6) is 0.0318. The van der Waals surface area contributed by atoms with Crippen LogP contribution >= 0.6 is 0 Å². The van der Waals surface area contributed by atoms with Crippen LogP contribution in [0.25, 0.3) is 10.8 Å². The Balaban J connectivity index is 1.60. The zero-order valence-electron chi connectivity index (χ0n) is 12.2. The first-order valence-electron chi connectivity index (χ1n) is 7.49. The zero-order valence-corrected chi connectivity index (χ0v) is 12.2. The lowest BCUT2D eigenvalue weighted by Crippen LogP contribution is -2.56. The average Bonchev–Trinajstić information content (AvgIpc) is 2.89.